The smallest absolute Gasteiger partial charge is 0.159 e. The van der Waals surface area contributed by atoms with Crippen molar-refractivity contribution in [3.8, 4) is 5.75 Å². The van der Waals surface area contributed by atoms with Crippen LogP contribution in [0.4, 0.5) is 0 Å². The van der Waals surface area contributed by atoms with Crippen molar-refractivity contribution in [3.05, 3.63) is 29.8 Å². The Morgan fingerprint density at radius 3 is 2.45 bits per heavy atom. The molecule has 0 spiro atoms. The molecule has 20 heavy (non-hydrogen) atoms. The van der Waals surface area contributed by atoms with E-state index in [4.69, 9.17) is 4.74 Å². The highest BCUT2D eigenvalue weighted by molar-refractivity contribution is 5.94. The lowest BCUT2D eigenvalue weighted by Crippen LogP contribution is -2.37. The number of carbonyl (C=O) groups is 1. The molecule has 1 atom stereocenters. The summed E-state index contributed by atoms with van der Waals surface area (Å²) in [5, 5.41) is 0. The van der Waals surface area contributed by atoms with E-state index in [1.165, 1.54) is 25.7 Å². The second kappa shape index (κ2) is 7.44. The van der Waals surface area contributed by atoms with E-state index < -0.39 is 0 Å². The van der Waals surface area contributed by atoms with Gasteiger partial charge in [-0.3, -0.25) is 9.69 Å². The number of benzene rings is 1. The lowest BCUT2D eigenvalue weighted by molar-refractivity contribution is 0.0345. The predicted molar refractivity (Wildman–Crippen MR) is 81.2 cm³/mol. The number of ketones is 1. The van der Waals surface area contributed by atoms with Crippen LogP contribution in [0.15, 0.2) is 24.3 Å². The van der Waals surface area contributed by atoms with Crippen molar-refractivity contribution in [2.75, 3.05) is 13.1 Å². The van der Waals surface area contributed by atoms with E-state index in [9.17, 15) is 4.79 Å². The molecule has 1 heterocycles. The summed E-state index contributed by atoms with van der Waals surface area (Å²) in [5.41, 5.74) is 0.739. The highest BCUT2D eigenvalue weighted by Gasteiger charge is 2.22. The van der Waals surface area contributed by atoms with Crippen LogP contribution in [0, 0.1) is 0 Å². The van der Waals surface area contributed by atoms with E-state index in [1.54, 1.807) is 6.92 Å². The van der Waals surface area contributed by atoms with Gasteiger partial charge in [0.1, 0.15) is 5.75 Å². The average molecular weight is 275 g/mol. The number of carbonyl (C=O) groups excluding carboxylic acids is 1. The molecule has 1 fully saturated rings. The molecule has 1 unspecified atom stereocenters. The summed E-state index contributed by atoms with van der Waals surface area (Å²) in [6, 6.07) is 7.51. The van der Waals surface area contributed by atoms with Gasteiger partial charge in [-0.2, -0.15) is 0 Å². The molecule has 1 saturated heterocycles. The fourth-order valence-corrected chi connectivity index (χ4v) is 2.65. The van der Waals surface area contributed by atoms with Crippen molar-refractivity contribution in [1.82, 2.24) is 4.90 Å². The summed E-state index contributed by atoms with van der Waals surface area (Å²) in [6.07, 6.45) is 6.18. The Kier molecular flexibility index (Phi) is 5.60. The molecule has 0 N–H and O–H groups in total. The van der Waals surface area contributed by atoms with Gasteiger partial charge >= 0.3 is 0 Å². The minimum absolute atomic E-state index is 0.0959. The molecule has 3 nitrogen and oxygen atoms in total. The van der Waals surface area contributed by atoms with E-state index >= 15 is 0 Å². The fourth-order valence-electron chi connectivity index (χ4n) is 2.65. The molecule has 0 amide bonds. The van der Waals surface area contributed by atoms with Crippen LogP contribution < -0.4 is 4.74 Å². The topological polar surface area (TPSA) is 29.5 Å². The maximum absolute atomic E-state index is 11.3. The second-order valence-corrected chi connectivity index (χ2v) is 5.54. The first-order valence-corrected chi connectivity index (χ1v) is 7.72. The maximum atomic E-state index is 11.3. The highest BCUT2D eigenvalue weighted by atomic mass is 16.5. The number of ether oxygens (including phenoxy) is 1. The molecule has 110 valence electrons. The molecular weight excluding hydrogens is 250 g/mol. The third-order valence-electron chi connectivity index (χ3n) is 3.89. The number of likely N-dealkylation sites (tertiary alicyclic amines) is 1. The highest BCUT2D eigenvalue weighted by Crippen LogP contribution is 2.21. The van der Waals surface area contributed by atoms with Gasteiger partial charge in [0.15, 0.2) is 12.0 Å². The van der Waals surface area contributed by atoms with Crippen LogP contribution in [0.25, 0.3) is 0 Å². The van der Waals surface area contributed by atoms with E-state index in [0.29, 0.717) is 0 Å². The van der Waals surface area contributed by atoms with Crippen molar-refractivity contribution in [2.24, 2.45) is 0 Å². The first-order chi connectivity index (χ1) is 9.70. The molecule has 1 aromatic carbocycles. The lowest BCUT2D eigenvalue weighted by Gasteiger charge is -2.28. The Morgan fingerprint density at radius 1 is 1.25 bits per heavy atom. The van der Waals surface area contributed by atoms with E-state index in [2.05, 4.69) is 11.8 Å². The van der Waals surface area contributed by atoms with Crippen LogP contribution in [0.2, 0.25) is 0 Å². The minimum Gasteiger partial charge on any atom is -0.475 e. The molecule has 0 aliphatic carbocycles. The van der Waals surface area contributed by atoms with Crippen molar-refractivity contribution in [2.45, 2.75) is 52.2 Å². The van der Waals surface area contributed by atoms with Crippen LogP contribution >= 0.6 is 0 Å². The van der Waals surface area contributed by atoms with Gasteiger partial charge in [0.2, 0.25) is 0 Å². The van der Waals surface area contributed by atoms with Gasteiger partial charge in [0, 0.05) is 18.7 Å². The number of nitrogens with zero attached hydrogens (tertiary/aromatic N) is 1. The average Bonchev–Trinajstić information content (AvgIpc) is 2.98. The van der Waals surface area contributed by atoms with Crippen molar-refractivity contribution < 1.29 is 9.53 Å². The van der Waals surface area contributed by atoms with Crippen molar-refractivity contribution in [3.63, 3.8) is 0 Å². The van der Waals surface area contributed by atoms with Gasteiger partial charge in [-0.25, -0.2) is 0 Å². The number of Topliss-reactive ketones (excluding diaryl/α,β-unsaturated/α-hetero) is 1. The van der Waals surface area contributed by atoms with Crippen LogP contribution in [0.3, 0.4) is 0 Å². The van der Waals surface area contributed by atoms with E-state index in [1.807, 2.05) is 24.3 Å². The number of hydrogen-bond acceptors (Lipinski definition) is 3. The molecule has 3 heteroatoms. The van der Waals surface area contributed by atoms with Gasteiger partial charge in [-0.05, 0) is 56.9 Å². The Labute approximate surface area is 121 Å². The van der Waals surface area contributed by atoms with Gasteiger partial charge in [0.05, 0.1) is 0 Å². The van der Waals surface area contributed by atoms with Gasteiger partial charge in [-0.1, -0.05) is 13.3 Å². The number of unbranched alkanes of at least 4 members (excludes halogenated alkanes) is 1. The monoisotopic (exact) mass is 275 g/mol. The standard InChI is InChI=1S/C17H25NO2/c1-3-4-7-17(18-12-5-6-13-18)20-16-10-8-15(9-11-16)14(2)19/h8-11,17H,3-7,12-13H2,1-2H3. The van der Waals surface area contributed by atoms with Gasteiger partial charge in [-0.15, -0.1) is 0 Å². The minimum atomic E-state index is 0.0959. The van der Waals surface area contributed by atoms with Crippen LogP contribution in [-0.4, -0.2) is 30.0 Å². The number of rotatable bonds is 7. The molecule has 1 aromatic rings. The predicted octanol–water partition coefficient (Wildman–Crippen LogP) is 3.88. The Hall–Kier alpha value is -1.35. The van der Waals surface area contributed by atoms with Crippen LogP contribution in [0.5, 0.6) is 5.75 Å². The number of hydrogen-bond donors (Lipinski definition) is 0. The summed E-state index contributed by atoms with van der Waals surface area (Å²) >= 11 is 0. The van der Waals surface area contributed by atoms with Crippen LogP contribution in [-0.2, 0) is 0 Å². The molecule has 0 aromatic heterocycles. The largest absolute Gasteiger partial charge is 0.475 e. The first kappa shape index (κ1) is 15.0. The second-order valence-electron chi connectivity index (χ2n) is 5.54. The SMILES string of the molecule is CCCCC(Oc1ccc(C(C)=O)cc1)N1CCCC1. The van der Waals surface area contributed by atoms with Crippen molar-refractivity contribution in [1.29, 1.82) is 0 Å². The van der Waals surface area contributed by atoms with Gasteiger partial charge in [0.25, 0.3) is 0 Å². The zero-order valence-corrected chi connectivity index (χ0v) is 12.6. The summed E-state index contributed by atoms with van der Waals surface area (Å²) in [6.45, 7) is 6.08. The molecule has 1 aliphatic heterocycles. The third-order valence-corrected chi connectivity index (χ3v) is 3.89. The van der Waals surface area contributed by atoms with E-state index in [-0.39, 0.29) is 12.0 Å². The zero-order chi connectivity index (χ0) is 14.4. The molecule has 0 radical (unpaired) electrons. The summed E-state index contributed by atoms with van der Waals surface area (Å²) in [4.78, 5) is 13.7. The molecule has 0 bridgehead atoms. The molecule has 2 rings (SSSR count). The Bertz CT molecular complexity index is 421. The quantitative estimate of drug-likeness (QED) is 0.707. The summed E-state index contributed by atoms with van der Waals surface area (Å²) in [5.74, 6) is 0.960. The summed E-state index contributed by atoms with van der Waals surface area (Å²) in [7, 11) is 0. The lowest BCUT2D eigenvalue weighted by atomic mass is 10.1. The molecule has 0 saturated carbocycles. The Morgan fingerprint density at radius 2 is 1.90 bits per heavy atom. The first-order valence-electron chi connectivity index (χ1n) is 7.72. The Balaban J connectivity index is 2.00. The molecule has 1 aliphatic rings. The zero-order valence-electron chi connectivity index (χ0n) is 12.6. The fraction of sp³-hybridized carbons (Fsp3) is 0.588. The van der Waals surface area contributed by atoms with E-state index in [0.717, 1.165) is 30.8 Å². The van der Waals surface area contributed by atoms with Gasteiger partial charge < -0.3 is 4.74 Å². The van der Waals surface area contributed by atoms with Crippen LogP contribution in [0.1, 0.15) is 56.3 Å². The maximum Gasteiger partial charge on any atom is 0.159 e. The molecular formula is C17H25NO2. The third kappa shape index (κ3) is 4.07. The normalized spacial score (nSPS) is 17.1. The summed E-state index contributed by atoms with van der Waals surface area (Å²) < 4.78 is 6.15. The van der Waals surface area contributed by atoms with Crippen molar-refractivity contribution >= 4 is 5.78 Å².